The van der Waals surface area contributed by atoms with Crippen molar-refractivity contribution >= 4 is 23.0 Å². The van der Waals surface area contributed by atoms with Gasteiger partial charge in [-0.3, -0.25) is 5.43 Å². The van der Waals surface area contributed by atoms with Gasteiger partial charge in [0, 0.05) is 11.6 Å². The number of nitrogens with zero attached hydrogens (tertiary/aromatic N) is 1. The van der Waals surface area contributed by atoms with E-state index in [-0.39, 0.29) is 6.04 Å². The van der Waals surface area contributed by atoms with E-state index in [0.717, 1.165) is 32.0 Å². The number of hydrogen-bond acceptors (Lipinski definition) is 3. The fourth-order valence-corrected chi connectivity index (χ4v) is 3.12. The molecule has 126 valence electrons. The first-order valence-corrected chi connectivity index (χ1v) is 8.56. The van der Waals surface area contributed by atoms with Crippen molar-refractivity contribution < 1.29 is 9.64 Å². The molecule has 0 bridgehead atoms. The van der Waals surface area contributed by atoms with Gasteiger partial charge in [0.25, 0.3) is 0 Å². The van der Waals surface area contributed by atoms with Gasteiger partial charge >= 0.3 is 0 Å². The molecule has 1 heterocycles. The maximum Gasteiger partial charge on any atom is 0.187 e. The van der Waals surface area contributed by atoms with Crippen LogP contribution in [-0.2, 0) is 4.74 Å². The first-order chi connectivity index (χ1) is 11.1. The summed E-state index contributed by atoms with van der Waals surface area (Å²) in [5.74, 6) is 0. The number of nitrogens with one attached hydrogen (secondary N) is 3. The minimum absolute atomic E-state index is 0.217. The predicted octanol–water partition coefficient (Wildman–Crippen LogP) is 0.891. The molecule has 1 aromatic rings. The Morgan fingerprint density at radius 2 is 1.87 bits per heavy atom. The van der Waals surface area contributed by atoms with Crippen molar-refractivity contribution in [1.82, 2.24) is 10.7 Å². The monoisotopic (exact) mass is 335 g/mol. The zero-order chi connectivity index (χ0) is 16.7. The summed E-state index contributed by atoms with van der Waals surface area (Å²) in [6, 6.07) is 11.0. The highest BCUT2D eigenvalue weighted by atomic mass is 32.1. The standard InChI is InChI=1S/C17H26N4OS/c1-13(2)18-17(23)20-19-14(3)16(15-7-5-4-6-8-15)21-9-11-22-12-10-21/h4-8,13,16H,9-12H2,1-3H3,(H2,18,20,23)/p+1/b19-14-/t16-/m0/s1. The fraction of sp³-hybridized carbons (Fsp3) is 0.529. The second-order valence-electron chi connectivity index (χ2n) is 6.11. The van der Waals surface area contributed by atoms with Gasteiger partial charge in [0.15, 0.2) is 11.2 Å². The molecule has 1 aliphatic heterocycles. The molecule has 1 saturated heterocycles. The van der Waals surface area contributed by atoms with Gasteiger partial charge < -0.3 is 15.0 Å². The molecule has 1 atom stereocenters. The second-order valence-corrected chi connectivity index (χ2v) is 6.52. The molecule has 0 aliphatic carbocycles. The van der Waals surface area contributed by atoms with Gasteiger partial charge in [-0.25, -0.2) is 0 Å². The summed E-state index contributed by atoms with van der Waals surface area (Å²) in [6.45, 7) is 9.73. The molecule has 1 fully saturated rings. The molecule has 0 radical (unpaired) electrons. The molecule has 0 aromatic heterocycles. The zero-order valence-electron chi connectivity index (χ0n) is 14.1. The smallest absolute Gasteiger partial charge is 0.187 e. The lowest BCUT2D eigenvalue weighted by molar-refractivity contribution is -0.928. The Kier molecular flexibility index (Phi) is 6.95. The number of hydrazone groups is 1. The van der Waals surface area contributed by atoms with Crippen LogP contribution in [0.25, 0.3) is 0 Å². The van der Waals surface area contributed by atoms with Crippen LogP contribution in [-0.4, -0.2) is 43.2 Å². The minimum Gasteiger partial charge on any atom is -0.370 e. The van der Waals surface area contributed by atoms with Gasteiger partial charge in [0.05, 0.1) is 18.9 Å². The molecule has 0 spiro atoms. The van der Waals surface area contributed by atoms with E-state index in [9.17, 15) is 0 Å². The molecule has 3 N–H and O–H groups in total. The highest BCUT2D eigenvalue weighted by Crippen LogP contribution is 2.11. The van der Waals surface area contributed by atoms with Crippen molar-refractivity contribution in [3.8, 4) is 0 Å². The van der Waals surface area contributed by atoms with E-state index in [1.807, 2.05) is 6.07 Å². The number of thiocarbonyl (C=S) groups is 1. The van der Waals surface area contributed by atoms with Gasteiger partial charge in [0.2, 0.25) is 0 Å². The number of benzene rings is 1. The summed E-state index contributed by atoms with van der Waals surface area (Å²) in [5, 5.41) is 8.23. The van der Waals surface area contributed by atoms with Crippen LogP contribution in [0, 0.1) is 0 Å². The van der Waals surface area contributed by atoms with Gasteiger partial charge in [-0.2, -0.15) is 5.10 Å². The molecule has 1 aliphatic rings. The van der Waals surface area contributed by atoms with Crippen LogP contribution >= 0.6 is 12.2 Å². The summed E-state index contributed by atoms with van der Waals surface area (Å²) in [6.07, 6.45) is 0. The lowest BCUT2D eigenvalue weighted by Crippen LogP contribution is -3.15. The number of morpholine rings is 1. The normalized spacial score (nSPS) is 17.8. The van der Waals surface area contributed by atoms with Crippen molar-refractivity contribution in [2.75, 3.05) is 26.3 Å². The largest absolute Gasteiger partial charge is 0.370 e. The average Bonchev–Trinajstić information content (AvgIpc) is 2.55. The van der Waals surface area contributed by atoms with Crippen LogP contribution in [0.15, 0.2) is 35.4 Å². The van der Waals surface area contributed by atoms with Crippen LogP contribution in [0.2, 0.25) is 0 Å². The molecule has 0 amide bonds. The first kappa shape index (κ1) is 17.8. The van der Waals surface area contributed by atoms with E-state index in [1.54, 1.807) is 0 Å². The maximum absolute atomic E-state index is 5.50. The van der Waals surface area contributed by atoms with E-state index >= 15 is 0 Å². The van der Waals surface area contributed by atoms with Crippen LogP contribution in [0.3, 0.4) is 0 Å². The van der Waals surface area contributed by atoms with E-state index in [0.29, 0.717) is 11.2 Å². The van der Waals surface area contributed by atoms with E-state index in [4.69, 9.17) is 17.0 Å². The summed E-state index contributed by atoms with van der Waals surface area (Å²) >= 11 is 5.25. The summed E-state index contributed by atoms with van der Waals surface area (Å²) < 4.78 is 5.50. The fourth-order valence-electron chi connectivity index (χ4n) is 2.84. The third kappa shape index (κ3) is 5.57. The molecule has 0 unspecified atom stereocenters. The Morgan fingerprint density at radius 1 is 1.22 bits per heavy atom. The Balaban J connectivity index is 2.14. The van der Waals surface area contributed by atoms with Crippen molar-refractivity contribution in [1.29, 1.82) is 0 Å². The number of ether oxygens (including phenoxy) is 1. The predicted molar refractivity (Wildman–Crippen MR) is 97.8 cm³/mol. The van der Waals surface area contributed by atoms with Crippen molar-refractivity contribution in [3.05, 3.63) is 35.9 Å². The summed E-state index contributed by atoms with van der Waals surface area (Å²) in [4.78, 5) is 1.48. The van der Waals surface area contributed by atoms with Crippen LogP contribution in [0.4, 0.5) is 0 Å². The Labute approximate surface area is 144 Å². The Bertz CT molecular complexity index is 527. The summed E-state index contributed by atoms with van der Waals surface area (Å²) in [7, 11) is 0. The Hall–Kier alpha value is -1.50. The molecule has 2 rings (SSSR count). The maximum atomic E-state index is 5.50. The van der Waals surface area contributed by atoms with Crippen LogP contribution < -0.4 is 15.6 Å². The lowest BCUT2D eigenvalue weighted by Gasteiger charge is -2.31. The third-order valence-corrected chi connectivity index (χ3v) is 4.06. The van der Waals surface area contributed by atoms with Gasteiger partial charge in [-0.15, -0.1) is 0 Å². The molecule has 23 heavy (non-hydrogen) atoms. The lowest BCUT2D eigenvalue weighted by atomic mass is 10.0. The Morgan fingerprint density at radius 3 is 2.48 bits per heavy atom. The molecule has 5 nitrogen and oxygen atoms in total. The highest BCUT2D eigenvalue weighted by molar-refractivity contribution is 7.80. The van der Waals surface area contributed by atoms with Gasteiger partial charge in [0.1, 0.15) is 13.1 Å². The van der Waals surface area contributed by atoms with E-state index in [1.165, 1.54) is 10.5 Å². The quantitative estimate of drug-likeness (QED) is 0.425. The number of quaternary nitrogens is 1. The first-order valence-electron chi connectivity index (χ1n) is 8.16. The molecular weight excluding hydrogens is 308 g/mol. The SMILES string of the molecule is C/C(=N/NC(=S)NC(C)C)[C@@H](c1ccccc1)[NH+]1CCOCC1. The number of hydrogen-bond donors (Lipinski definition) is 3. The van der Waals surface area contributed by atoms with Crippen molar-refractivity contribution in [3.63, 3.8) is 0 Å². The van der Waals surface area contributed by atoms with Gasteiger partial charge in [-0.1, -0.05) is 30.3 Å². The van der Waals surface area contributed by atoms with Crippen LogP contribution in [0.5, 0.6) is 0 Å². The van der Waals surface area contributed by atoms with Crippen molar-refractivity contribution in [2.24, 2.45) is 5.10 Å². The van der Waals surface area contributed by atoms with Gasteiger partial charge in [-0.05, 0) is 33.0 Å². The summed E-state index contributed by atoms with van der Waals surface area (Å²) in [5.41, 5.74) is 5.27. The molecule has 0 saturated carbocycles. The molecule has 6 heteroatoms. The highest BCUT2D eigenvalue weighted by Gasteiger charge is 2.28. The third-order valence-electron chi connectivity index (χ3n) is 3.85. The molecule has 1 aromatic carbocycles. The molecular formula is C17H27N4OS+. The topological polar surface area (TPSA) is 50.1 Å². The zero-order valence-corrected chi connectivity index (χ0v) is 15.0. The van der Waals surface area contributed by atoms with E-state index < -0.39 is 0 Å². The minimum atomic E-state index is 0.217. The average molecular weight is 335 g/mol. The second kappa shape index (κ2) is 8.96. The van der Waals surface area contributed by atoms with E-state index in [2.05, 4.69) is 60.9 Å². The number of rotatable bonds is 5. The van der Waals surface area contributed by atoms with Crippen molar-refractivity contribution in [2.45, 2.75) is 32.9 Å². The van der Waals surface area contributed by atoms with Crippen LogP contribution in [0.1, 0.15) is 32.4 Å².